The normalized spacial score (nSPS) is 12.5. The zero-order valence-electron chi connectivity index (χ0n) is 9.72. The molecule has 0 saturated heterocycles. The van der Waals surface area contributed by atoms with E-state index in [9.17, 15) is 9.90 Å². The van der Waals surface area contributed by atoms with E-state index in [-0.39, 0.29) is 31.0 Å². The van der Waals surface area contributed by atoms with E-state index in [1.807, 2.05) is 30.3 Å². The number of hydrogen-bond donors (Lipinski definition) is 1. The molecule has 0 unspecified atom stereocenters. The lowest BCUT2D eigenvalue weighted by Crippen LogP contribution is -2.18. The Hall–Kier alpha value is -1.35. The Kier molecular flexibility index (Phi) is 4.99. The minimum Gasteiger partial charge on any atom is -0.465 e. The van der Waals surface area contributed by atoms with Crippen molar-refractivity contribution in [2.75, 3.05) is 13.2 Å². The molecule has 3 heteroatoms. The van der Waals surface area contributed by atoms with Crippen LogP contribution in [0.2, 0.25) is 0 Å². The van der Waals surface area contributed by atoms with Crippen LogP contribution in [0, 0.1) is 5.92 Å². The van der Waals surface area contributed by atoms with Crippen LogP contribution in [0.3, 0.4) is 0 Å². The Morgan fingerprint density at radius 3 is 2.44 bits per heavy atom. The third kappa shape index (κ3) is 3.66. The van der Waals surface area contributed by atoms with E-state index < -0.39 is 0 Å². The molecule has 0 aliphatic heterocycles. The van der Waals surface area contributed by atoms with Gasteiger partial charge in [-0.15, -0.1) is 0 Å². The van der Waals surface area contributed by atoms with Gasteiger partial charge in [0.25, 0.3) is 0 Å². The quantitative estimate of drug-likeness (QED) is 0.775. The molecule has 0 saturated carbocycles. The monoisotopic (exact) mass is 222 g/mol. The van der Waals surface area contributed by atoms with Gasteiger partial charge in [-0.05, 0) is 5.56 Å². The van der Waals surface area contributed by atoms with Gasteiger partial charge in [0.15, 0.2) is 0 Å². The van der Waals surface area contributed by atoms with Gasteiger partial charge in [-0.3, -0.25) is 4.79 Å². The molecule has 0 bridgehead atoms. The third-order valence-electron chi connectivity index (χ3n) is 2.39. The lowest BCUT2D eigenvalue weighted by Gasteiger charge is -2.15. The molecule has 0 aromatic heterocycles. The molecule has 1 aromatic rings. The van der Waals surface area contributed by atoms with Crippen molar-refractivity contribution < 1.29 is 14.6 Å². The number of carbonyl (C=O) groups excluding carboxylic acids is 1. The molecule has 1 atom stereocenters. The summed E-state index contributed by atoms with van der Waals surface area (Å²) in [6.45, 7) is 3.80. The standard InChI is InChI=1S/C13H18O3/c1-10(2)13(15)16-9-12(8-14)11-6-4-3-5-7-11/h3-7,10,12,14H,8-9H2,1-2H3/t12-/m0/s1. The topological polar surface area (TPSA) is 46.5 Å². The summed E-state index contributed by atoms with van der Waals surface area (Å²) in [5.74, 6) is -0.492. The lowest BCUT2D eigenvalue weighted by molar-refractivity contribution is -0.148. The summed E-state index contributed by atoms with van der Waals surface area (Å²) in [5, 5.41) is 9.24. The number of carbonyl (C=O) groups is 1. The summed E-state index contributed by atoms with van der Waals surface area (Å²) in [6.07, 6.45) is 0. The van der Waals surface area contributed by atoms with Crippen molar-refractivity contribution in [2.24, 2.45) is 5.92 Å². The number of aliphatic hydroxyl groups is 1. The van der Waals surface area contributed by atoms with Gasteiger partial charge in [0, 0.05) is 5.92 Å². The highest BCUT2D eigenvalue weighted by Crippen LogP contribution is 2.15. The molecule has 3 nitrogen and oxygen atoms in total. The fourth-order valence-electron chi connectivity index (χ4n) is 1.33. The second-order valence-corrected chi connectivity index (χ2v) is 4.07. The Balaban J connectivity index is 2.54. The maximum Gasteiger partial charge on any atom is 0.308 e. The number of rotatable bonds is 5. The molecule has 0 aliphatic rings. The summed E-state index contributed by atoms with van der Waals surface area (Å²) < 4.78 is 5.11. The van der Waals surface area contributed by atoms with Crippen LogP contribution in [-0.4, -0.2) is 24.3 Å². The van der Waals surface area contributed by atoms with Gasteiger partial charge in [-0.25, -0.2) is 0 Å². The molecule has 0 aliphatic carbocycles. The highest BCUT2D eigenvalue weighted by atomic mass is 16.5. The fraction of sp³-hybridized carbons (Fsp3) is 0.462. The van der Waals surface area contributed by atoms with E-state index in [0.29, 0.717) is 0 Å². The number of esters is 1. The number of benzene rings is 1. The molecular weight excluding hydrogens is 204 g/mol. The SMILES string of the molecule is CC(C)C(=O)OC[C@H](CO)c1ccccc1. The van der Waals surface area contributed by atoms with Crippen LogP contribution in [0.15, 0.2) is 30.3 Å². The van der Waals surface area contributed by atoms with Gasteiger partial charge >= 0.3 is 5.97 Å². The minimum atomic E-state index is -0.227. The van der Waals surface area contributed by atoms with Gasteiger partial charge in [0.05, 0.1) is 12.5 Å². The van der Waals surface area contributed by atoms with Gasteiger partial charge in [0.1, 0.15) is 6.61 Å². The van der Waals surface area contributed by atoms with Crippen LogP contribution in [0.1, 0.15) is 25.3 Å². The first-order chi connectivity index (χ1) is 7.65. The second-order valence-electron chi connectivity index (χ2n) is 4.07. The molecule has 0 amide bonds. The maximum atomic E-state index is 11.3. The van der Waals surface area contributed by atoms with Crippen molar-refractivity contribution in [3.8, 4) is 0 Å². The van der Waals surface area contributed by atoms with E-state index in [0.717, 1.165) is 5.56 Å². The van der Waals surface area contributed by atoms with Crippen molar-refractivity contribution in [2.45, 2.75) is 19.8 Å². The zero-order valence-corrected chi connectivity index (χ0v) is 9.72. The summed E-state index contributed by atoms with van der Waals surface area (Å²) in [5.41, 5.74) is 0.988. The highest BCUT2D eigenvalue weighted by Gasteiger charge is 2.14. The van der Waals surface area contributed by atoms with Gasteiger partial charge < -0.3 is 9.84 Å². The summed E-state index contributed by atoms with van der Waals surface area (Å²) in [4.78, 5) is 11.3. The van der Waals surface area contributed by atoms with Crippen LogP contribution in [0.4, 0.5) is 0 Å². The van der Waals surface area contributed by atoms with E-state index in [1.54, 1.807) is 13.8 Å². The number of hydrogen-bond acceptors (Lipinski definition) is 3. The molecule has 1 aromatic carbocycles. The first kappa shape index (κ1) is 12.7. The molecule has 0 heterocycles. The average Bonchev–Trinajstić information content (AvgIpc) is 2.30. The highest BCUT2D eigenvalue weighted by molar-refractivity contribution is 5.71. The maximum absolute atomic E-state index is 11.3. The Bertz CT molecular complexity index is 319. The largest absolute Gasteiger partial charge is 0.465 e. The first-order valence-corrected chi connectivity index (χ1v) is 5.47. The van der Waals surface area contributed by atoms with Crippen LogP contribution < -0.4 is 0 Å². The minimum absolute atomic E-state index is 0.0185. The second kappa shape index (κ2) is 6.28. The van der Waals surface area contributed by atoms with Crippen molar-refractivity contribution in [3.63, 3.8) is 0 Å². The molecule has 1 rings (SSSR count). The fourth-order valence-corrected chi connectivity index (χ4v) is 1.33. The molecule has 0 spiro atoms. The third-order valence-corrected chi connectivity index (χ3v) is 2.39. The molecule has 0 fully saturated rings. The number of ether oxygens (including phenoxy) is 1. The zero-order chi connectivity index (χ0) is 12.0. The first-order valence-electron chi connectivity index (χ1n) is 5.47. The van der Waals surface area contributed by atoms with Crippen molar-refractivity contribution in [1.29, 1.82) is 0 Å². The van der Waals surface area contributed by atoms with Crippen LogP contribution in [0.5, 0.6) is 0 Å². The molecular formula is C13H18O3. The predicted molar refractivity (Wildman–Crippen MR) is 62.1 cm³/mol. The van der Waals surface area contributed by atoms with E-state index in [2.05, 4.69) is 0 Å². The Labute approximate surface area is 96.1 Å². The number of aliphatic hydroxyl groups excluding tert-OH is 1. The van der Waals surface area contributed by atoms with Gasteiger partial charge in [-0.1, -0.05) is 44.2 Å². The molecule has 16 heavy (non-hydrogen) atoms. The smallest absolute Gasteiger partial charge is 0.308 e. The molecule has 88 valence electrons. The average molecular weight is 222 g/mol. The van der Waals surface area contributed by atoms with Crippen LogP contribution in [0.25, 0.3) is 0 Å². The van der Waals surface area contributed by atoms with E-state index >= 15 is 0 Å². The lowest BCUT2D eigenvalue weighted by atomic mass is 10.0. The predicted octanol–water partition coefficient (Wildman–Crippen LogP) is 1.96. The van der Waals surface area contributed by atoms with Gasteiger partial charge in [-0.2, -0.15) is 0 Å². The summed E-state index contributed by atoms with van der Waals surface area (Å²) in [7, 11) is 0. The van der Waals surface area contributed by atoms with Crippen molar-refractivity contribution in [3.05, 3.63) is 35.9 Å². The van der Waals surface area contributed by atoms with Crippen LogP contribution >= 0.6 is 0 Å². The van der Waals surface area contributed by atoms with Crippen molar-refractivity contribution >= 4 is 5.97 Å². The van der Waals surface area contributed by atoms with E-state index in [4.69, 9.17) is 4.74 Å². The van der Waals surface area contributed by atoms with Gasteiger partial charge in [0.2, 0.25) is 0 Å². The summed E-state index contributed by atoms with van der Waals surface area (Å²) in [6, 6.07) is 9.57. The Morgan fingerprint density at radius 2 is 1.94 bits per heavy atom. The molecule has 1 N–H and O–H groups in total. The molecule has 0 radical (unpaired) electrons. The van der Waals surface area contributed by atoms with Crippen LogP contribution in [-0.2, 0) is 9.53 Å². The Morgan fingerprint density at radius 1 is 1.31 bits per heavy atom. The summed E-state index contributed by atoms with van der Waals surface area (Å²) >= 11 is 0. The van der Waals surface area contributed by atoms with E-state index in [1.165, 1.54) is 0 Å². The van der Waals surface area contributed by atoms with Crippen molar-refractivity contribution in [1.82, 2.24) is 0 Å².